The largest absolute Gasteiger partial charge is 0.465 e. The lowest BCUT2D eigenvalue weighted by Crippen LogP contribution is -2.07. The van der Waals surface area contributed by atoms with Gasteiger partial charge in [-0.2, -0.15) is 0 Å². The highest BCUT2D eigenvalue weighted by molar-refractivity contribution is 7.14. The van der Waals surface area contributed by atoms with E-state index in [-0.39, 0.29) is 5.91 Å². The number of hydrogen-bond acceptors (Lipinski definition) is 3. The van der Waals surface area contributed by atoms with E-state index in [0.29, 0.717) is 11.7 Å². The summed E-state index contributed by atoms with van der Waals surface area (Å²) in [5.41, 5.74) is 1.37. The van der Waals surface area contributed by atoms with Gasteiger partial charge in [0, 0.05) is 6.08 Å². The summed E-state index contributed by atoms with van der Waals surface area (Å²) < 4.78 is 5.38. The highest BCUT2D eigenvalue weighted by Gasteiger charge is 2.17. The Morgan fingerprint density at radius 3 is 2.74 bits per heavy atom. The molecule has 1 aliphatic rings. The molecule has 0 aliphatic heterocycles. The number of nitrogens with one attached hydrogen (secondary N) is 1. The summed E-state index contributed by atoms with van der Waals surface area (Å²) in [4.78, 5) is 11.9. The molecule has 23 heavy (non-hydrogen) atoms. The first kappa shape index (κ1) is 15.8. The molecule has 0 saturated heterocycles. The minimum atomic E-state index is -0.169. The fourth-order valence-electron chi connectivity index (χ4n) is 2.90. The summed E-state index contributed by atoms with van der Waals surface area (Å²) >= 11 is 1.59. The van der Waals surface area contributed by atoms with Crippen LogP contribution in [0.15, 0.2) is 54.1 Å². The van der Waals surface area contributed by atoms with Crippen LogP contribution in [0.1, 0.15) is 43.6 Å². The molecule has 0 unspecified atom stereocenters. The first-order valence-corrected chi connectivity index (χ1v) is 8.97. The third-order valence-electron chi connectivity index (χ3n) is 4.11. The molecule has 0 spiro atoms. The highest BCUT2D eigenvalue weighted by Crippen LogP contribution is 2.36. The Balaban J connectivity index is 1.50. The average molecular weight is 327 g/mol. The molecule has 1 heterocycles. The molecule has 0 atom stereocenters. The van der Waals surface area contributed by atoms with Crippen molar-refractivity contribution in [2.24, 2.45) is 0 Å². The van der Waals surface area contributed by atoms with Gasteiger partial charge in [-0.25, -0.2) is 0 Å². The molecule has 3 rings (SSSR count). The lowest BCUT2D eigenvalue weighted by Gasteiger charge is -2.20. The van der Waals surface area contributed by atoms with E-state index in [1.165, 1.54) is 50.0 Å². The predicted octanol–water partition coefficient (Wildman–Crippen LogP) is 5.33. The van der Waals surface area contributed by atoms with Gasteiger partial charge in [-0.3, -0.25) is 4.79 Å². The van der Waals surface area contributed by atoms with E-state index in [1.807, 2.05) is 30.3 Å². The van der Waals surface area contributed by atoms with E-state index < -0.39 is 0 Å². The van der Waals surface area contributed by atoms with Crippen LogP contribution in [0, 0.1) is 0 Å². The number of amides is 1. The van der Waals surface area contributed by atoms with Crippen molar-refractivity contribution < 1.29 is 9.53 Å². The number of benzene rings is 1. The fraction of sp³-hybridized carbons (Fsp3) is 0.316. The molecule has 0 bridgehead atoms. The summed E-state index contributed by atoms with van der Waals surface area (Å²) in [5, 5.41) is 5.98. The van der Waals surface area contributed by atoms with Gasteiger partial charge in [0.1, 0.15) is 5.75 Å². The molecule has 1 saturated carbocycles. The van der Waals surface area contributed by atoms with E-state index >= 15 is 0 Å². The van der Waals surface area contributed by atoms with Crippen LogP contribution in [0.5, 0.6) is 5.75 Å². The predicted molar refractivity (Wildman–Crippen MR) is 95.0 cm³/mol. The third kappa shape index (κ3) is 4.70. The second-order valence-electron chi connectivity index (χ2n) is 5.80. The Labute approximate surface area is 141 Å². The van der Waals surface area contributed by atoms with Gasteiger partial charge in [0.15, 0.2) is 0 Å². The van der Waals surface area contributed by atoms with Crippen LogP contribution in [-0.4, -0.2) is 5.91 Å². The highest BCUT2D eigenvalue weighted by atomic mass is 32.1. The minimum absolute atomic E-state index is 0.169. The standard InChI is InChI=1S/C19H21NO2S/c21-18(11-12-22-17-9-5-2-6-10-17)20-19-13-16(14-23-19)15-7-3-1-4-8-15/h2,5-6,9-15H,1,3-4,7-8H2,(H,20,21). The van der Waals surface area contributed by atoms with Gasteiger partial charge in [-0.15, -0.1) is 11.3 Å². The normalized spacial score (nSPS) is 15.7. The van der Waals surface area contributed by atoms with Crippen molar-refractivity contribution in [1.82, 2.24) is 0 Å². The van der Waals surface area contributed by atoms with Gasteiger partial charge in [0.25, 0.3) is 5.91 Å². The van der Waals surface area contributed by atoms with E-state index in [2.05, 4.69) is 16.8 Å². The maximum Gasteiger partial charge on any atom is 0.252 e. The summed E-state index contributed by atoms with van der Waals surface area (Å²) in [7, 11) is 0. The molecule has 1 aromatic heterocycles. The number of thiophene rings is 1. The molecule has 2 aromatic rings. The van der Waals surface area contributed by atoms with Crippen molar-refractivity contribution >= 4 is 22.2 Å². The minimum Gasteiger partial charge on any atom is -0.465 e. The van der Waals surface area contributed by atoms with Crippen molar-refractivity contribution in [2.75, 3.05) is 5.32 Å². The van der Waals surface area contributed by atoms with Crippen molar-refractivity contribution in [2.45, 2.75) is 38.0 Å². The number of rotatable bonds is 5. The van der Waals surface area contributed by atoms with Gasteiger partial charge >= 0.3 is 0 Å². The summed E-state index contributed by atoms with van der Waals surface area (Å²) in [6.45, 7) is 0. The van der Waals surface area contributed by atoms with Crippen LogP contribution in [0.2, 0.25) is 0 Å². The van der Waals surface area contributed by atoms with Crippen LogP contribution in [-0.2, 0) is 4.79 Å². The zero-order valence-corrected chi connectivity index (χ0v) is 13.9. The Kier molecular flexibility index (Phi) is 5.48. The average Bonchev–Trinajstić information content (AvgIpc) is 3.05. The molecular weight excluding hydrogens is 306 g/mol. The topological polar surface area (TPSA) is 38.3 Å². The number of carbonyl (C=O) groups excluding carboxylic acids is 1. The number of ether oxygens (including phenoxy) is 1. The number of hydrogen-bond donors (Lipinski definition) is 1. The lowest BCUT2D eigenvalue weighted by atomic mass is 9.85. The van der Waals surface area contributed by atoms with Crippen LogP contribution in [0.4, 0.5) is 5.00 Å². The quantitative estimate of drug-likeness (QED) is 0.595. The first-order valence-electron chi connectivity index (χ1n) is 8.09. The smallest absolute Gasteiger partial charge is 0.252 e. The summed E-state index contributed by atoms with van der Waals surface area (Å²) in [6, 6.07) is 11.5. The van der Waals surface area contributed by atoms with Gasteiger partial charge < -0.3 is 10.1 Å². The Hall–Kier alpha value is -2.07. The Bertz CT molecular complexity index is 657. The van der Waals surface area contributed by atoms with Gasteiger partial charge in [0.2, 0.25) is 0 Å². The number of anilines is 1. The fourth-order valence-corrected chi connectivity index (χ4v) is 3.79. The molecule has 1 N–H and O–H groups in total. The first-order chi connectivity index (χ1) is 11.3. The number of carbonyl (C=O) groups is 1. The van der Waals surface area contributed by atoms with E-state index in [9.17, 15) is 4.79 Å². The molecule has 0 radical (unpaired) electrons. The molecule has 3 nitrogen and oxygen atoms in total. The van der Waals surface area contributed by atoms with Gasteiger partial charge in [-0.1, -0.05) is 37.5 Å². The third-order valence-corrected chi connectivity index (χ3v) is 4.97. The van der Waals surface area contributed by atoms with Crippen molar-refractivity contribution in [3.63, 3.8) is 0 Å². The Morgan fingerprint density at radius 2 is 1.96 bits per heavy atom. The Morgan fingerprint density at radius 1 is 1.17 bits per heavy atom. The van der Waals surface area contributed by atoms with Crippen molar-refractivity contribution in [3.05, 3.63) is 59.7 Å². The number of para-hydroxylation sites is 1. The van der Waals surface area contributed by atoms with Crippen LogP contribution < -0.4 is 10.1 Å². The maximum absolute atomic E-state index is 11.9. The second kappa shape index (κ2) is 7.97. The lowest BCUT2D eigenvalue weighted by molar-refractivity contribution is -0.112. The maximum atomic E-state index is 11.9. The molecule has 120 valence electrons. The molecule has 1 aromatic carbocycles. The van der Waals surface area contributed by atoms with E-state index in [1.54, 1.807) is 11.3 Å². The molecule has 1 fully saturated rings. The zero-order valence-electron chi connectivity index (χ0n) is 13.0. The molecule has 4 heteroatoms. The summed E-state index contributed by atoms with van der Waals surface area (Å²) in [5.74, 6) is 1.22. The van der Waals surface area contributed by atoms with Crippen molar-refractivity contribution in [1.29, 1.82) is 0 Å². The second-order valence-corrected chi connectivity index (χ2v) is 6.71. The van der Waals surface area contributed by atoms with E-state index in [4.69, 9.17) is 4.74 Å². The molecule has 1 amide bonds. The van der Waals surface area contributed by atoms with Crippen LogP contribution in [0.25, 0.3) is 0 Å². The van der Waals surface area contributed by atoms with Crippen molar-refractivity contribution in [3.8, 4) is 5.75 Å². The molecule has 1 aliphatic carbocycles. The van der Waals surface area contributed by atoms with E-state index in [0.717, 1.165) is 5.00 Å². The van der Waals surface area contributed by atoms with Gasteiger partial charge in [0.05, 0.1) is 11.3 Å². The van der Waals surface area contributed by atoms with Gasteiger partial charge in [-0.05, 0) is 47.9 Å². The monoisotopic (exact) mass is 327 g/mol. The molecular formula is C19H21NO2S. The van der Waals surface area contributed by atoms with Crippen LogP contribution >= 0.6 is 11.3 Å². The zero-order chi connectivity index (χ0) is 15.9. The van der Waals surface area contributed by atoms with Crippen LogP contribution in [0.3, 0.4) is 0 Å². The summed E-state index contributed by atoms with van der Waals surface area (Å²) in [6.07, 6.45) is 9.37. The SMILES string of the molecule is O=C(C=COc1ccccc1)Nc1cc(C2CCCCC2)cs1.